The van der Waals surface area contributed by atoms with Crippen molar-refractivity contribution >= 4 is 17.5 Å². The quantitative estimate of drug-likeness (QED) is 0.807. The standard InChI is InChI=1S/C22H27N3O3/c1-16-12-17(2)14-20(13-16)24-22(27)19-5-3-4-18(15-19)21(26)23-6-7-25-8-10-28-11-9-25/h3-5,12-15H,6-11H2,1-2H3,(H,23,26)(H,24,27). The summed E-state index contributed by atoms with van der Waals surface area (Å²) >= 11 is 0. The topological polar surface area (TPSA) is 70.7 Å². The second kappa shape index (κ2) is 9.48. The molecular weight excluding hydrogens is 354 g/mol. The lowest BCUT2D eigenvalue weighted by atomic mass is 10.1. The molecule has 0 unspecified atom stereocenters. The largest absolute Gasteiger partial charge is 0.379 e. The normalized spacial score (nSPS) is 14.5. The van der Waals surface area contributed by atoms with Gasteiger partial charge in [0.25, 0.3) is 11.8 Å². The lowest BCUT2D eigenvalue weighted by Crippen LogP contribution is -2.41. The van der Waals surface area contributed by atoms with Gasteiger partial charge >= 0.3 is 0 Å². The van der Waals surface area contributed by atoms with Gasteiger partial charge in [-0.1, -0.05) is 12.1 Å². The third-order valence-electron chi connectivity index (χ3n) is 4.68. The fourth-order valence-electron chi connectivity index (χ4n) is 3.31. The van der Waals surface area contributed by atoms with Crippen molar-refractivity contribution in [1.82, 2.24) is 10.2 Å². The van der Waals surface area contributed by atoms with Gasteiger partial charge in [0.15, 0.2) is 0 Å². The number of carbonyl (C=O) groups is 2. The Morgan fingerprint density at radius 1 is 0.964 bits per heavy atom. The molecule has 0 bridgehead atoms. The van der Waals surface area contributed by atoms with E-state index in [0.717, 1.165) is 49.7 Å². The van der Waals surface area contributed by atoms with Gasteiger partial charge in [-0.15, -0.1) is 0 Å². The Morgan fingerprint density at radius 2 is 1.61 bits per heavy atom. The number of benzene rings is 2. The number of anilines is 1. The Labute approximate surface area is 165 Å². The predicted molar refractivity (Wildman–Crippen MR) is 110 cm³/mol. The molecule has 0 radical (unpaired) electrons. The van der Waals surface area contributed by atoms with Crippen molar-refractivity contribution in [1.29, 1.82) is 0 Å². The zero-order chi connectivity index (χ0) is 19.9. The van der Waals surface area contributed by atoms with Crippen LogP contribution in [-0.4, -0.2) is 56.1 Å². The summed E-state index contributed by atoms with van der Waals surface area (Å²) in [5.41, 5.74) is 3.87. The SMILES string of the molecule is Cc1cc(C)cc(NC(=O)c2cccc(C(=O)NCCN3CCOCC3)c2)c1. The van der Waals surface area contributed by atoms with Crippen LogP contribution < -0.4 is 10.6 Å². The molecule has 3 rings (SSSR count). The van der Waals surface area contributed by atoms with Crippen LogP contribution in [0.4, 0.5) is 5.69 Å². The molecule has 2 amide bonds. The number of hydrogen-bond donors (Lipinski definition) is 2. The molecule has 28 heavy (non-hydrogen) atoms. The predicted octanol–water partition coefficient (Wildman–Crippen LogP) is 2.62. The molecule has 1 saturated heterocycles. The van der Waals surface area contributed by atoms with Gasteiger partial charge in [0.2, 0.25) is 0 Å². The van der Waals surface area contributed by atoms with Crippen molar-refractivity contribution in [3.8, 4) is 0 Å². The minimum Gasteiger partial charge on any atom is -0.379 e. The first kappa shape index (κ1) is 20.0. The van der Waals surface area contributed by atoms with Gasteiger partial charge in [0.05, 0.1) is 13.2 Å². The molecule has 1 fully saturated rings. The average molecular weight is 381 g/mol. The van der Waals surface area contributed by atoms with Crippen LogP contribution in [0, 0.1) is 13.8 Å². The van der Waals surface area contributed by atoms with E-state index in [1.165, 1.54) is 0 Å². The summed E-state index contributed by atoms with van der Waals surface area (Å²) in [7, 11) is 0. The molecule has 0 saturated carbocycles. The van der Waals surface area contributed by atoms with Gasteiger partial charge in [0, 0.05) is 43.0 Å². The van der Waals surface area contributed by atoms with Gasteiger partial charge in [-0.25, -0.2) is 0 Å². The minimum atomic E-state index is -0.229. The van der Waals surface area contributed by atoms with Gasteiger partial charge in [0.1, 0.15) is 0 Å². The van der Waals surface area contributed by atoms with Crippen molar-refractivity contribution in [3.63, 3.8) is 0 Å². The van der Waals surface area contributed by atoms with Crippen molar-refractivity contribution in [3.05, 3.63) is 64.7 Å². The third-order valence-corrected chi connectivity index (χ3v) is 4.68. The van der Waals surface area contributed by atoms with Crippen LogP contribution in [0.1, 0.15) is 31.8 Å². The van der Waals surface area contributed by atoms with E-state index in [1.807, 2.05) is 26.0 Å². The number of rotatable bonds is 6. The van der Waals surface area contributed by atoms with Crippen LogP contribution in [0.25, 0.3) is 0 Å². The van der Waals surface area contributed by atoms with Gasteiger partial charge in [-0.3, -0.25) is 14.5 Å². The van der Waals surface area contributed by atoms with E-state index in [9.17, 15) is 9.59 Å². The number of ether oxygens (including phenoxy) is 1. The van der Waals surface area contributed by atoms with E-state index in [-0.39, 0.29) is 11.8 Å². The van der Waals surface area contributed by atoms with Crippen molar-refractivity contribution in [2.75, 3.05) is 44.7 Å². The lowest BCUT2D eigenvalue weighted by Gasteiger charge is -2.26. The molecule has 0 atom stereocenters. The van der Waals surface area contributed by atoms with Crippen LogP contribution in [0.5, 0.6) is 0 Å². The lowest BCUT2D eigenvalue weighted by molar-refractivity contribution is 0.0383. The first-order valence-electron chi connectivity index (χ1n) is 9.59. The van der Waals surface area contributed by atoms with Crippen LogP contribution >= 0.6 is 0 Å². The maximum Gasteiger partial charge on any atom is 0.255 e. The van der Waals surface area contributed by atoms with E-state index >= 15 is 0 Å². The van der Waals surface area contributed by atoms with Crippen LogP contribution in [0.3, 0.4) is 0 Å². The fraction of sp³-hybridized carbons (Fsp3) is 0.364. The fourth-order valence-corrected chi connectivity index (χ4v) is 3.31. The number of amides is 2. The summed E-state index contributed by atoms with van der Waals surface area (Å²) < 4.78 is 5.32. The highest BCUT2D eigenvalue weighted by atomic mass is 16.5. The molecule has 6 nitrogen and oxygen atoms in total. The molecule has 148 valence electrons. The van der Waals surface area contributed by atoms with Crippen molar-refractivity contribution in [2.45, 2.75) is 13.8 Å². The molecular formula is C22H27N3O3. The van der Waals surface area contributed by atoms with Gasteiger partial charge < -0.3 is 15.4 Å². The van der Waals surface area contributed by atoms with E-state index in [1.54, 1.807) is 24.3 Å². The Morgan fingerprint density at radius 3 is 2.29 bits per heavy atom. The Kier molecular flexibility index (Phi) is 6.79. The number of nitrogens with zero attached hydrogens (tertiary/aromatic N) is 1. The van der Waals surface area contributed by atoms with Crippen LogP contribution in [0.2, 0.25) is 0 Å². The first-order valence-corrected chi connectivity index (χ1v) is 9.59. The number of carbonyl (C=O) groups excluding carboxylic acids is 2. The highest BCUT2D eigenvalue weighted by molar-refractivity contribution is 6.06. The molecule has 6 heteroatoms. The highest BCUT2D eigenvalue weighted by Crippen LogP contribution is 2.15. The second-order valence-electron chi connectivity index (χ2n) is 7.12. The van der Waals surface area contributed by atoms with E-state index in [4.69, 9.17) is 4.74 Å². The molecule has 0 aromatic heterocycles. The number of nitrogens with one attached hydrogen (secondary N) is 2. The Hall–Kier alpha value is -2.70. The molecule has 2 aromatic rings. The number of hydrogen-bond acceptors (Lipinski definition) is 4. The second-order valence-corrected chi connectivity index (χ2v) is 7.12. The van der Waals surface area contributed by atoms with E-state index in [2.05, 4.69) is 21.6 Å². The average Bonchev–Trinajstić information content (AvgIpc) is 2.68. The number of aryl methyl sites for hydroxylation is 2. The molecule has 0 aliphatic carbocycles. The molecule has 1 aliphatic heterocycles. The molecule has 0 spiro atoms. The summed E-state index contributed by atoms with van der Waals surface area (Å²) in [6.45, 7) is 8.61. The molecule has 1 heterocycles. The molecule has 2 N–H and O–H groups in total. The van der Waals surface area contributed by atoms with E-state index in [0.29, 0.717) is 17.7 Å². The highest BCUT2D eigenvalue weighted by Gasteiger charge is 2.13. The van der Waals surface area contributed by atoms with Crippen molar-refractivity contribution < 1.29 is 14.3 Å². The smallest absolute Gasteiger partial charge is 0.255 e. The summed E-state index contributed by atoms with van der Waals surface area (Å²) in [6.07, 6.45) is 0. The summed E-state index contributed by atoms with van der Waals surface area (Å²) in [5.74, 6) is -0.401. The van der Waals surface area contributed by atoms with Crippen LogP contribution in [-0.2, 0) is 4.74 Å². The first-order chi connectivity index (χ1) is 13.5. The maximum absolute atomic E-state index is 12.6. The summed E-state index contributed by atoms with van der Waals surface area (Å²) in [5, 5.41) is 5.83. The molecule has 1 aliphatic rings. The zero-order valence-electron chi connectivity index (χ0n) is 16.5. The summed E-state index contributed by atoms with van der Waals surface area (Å²) in [4.78, 5) is 27.3. The zero-order valence-corrected chi connectivity index (χ0v) is 16.5. The number of morpholine rings is 1. The molecule has 2 aromatic carbocycles. The summed E-state index contributed by atoms with van der Waals surface area (Å²) in [6, 6.07) is 12.7. The minimum absolute atomic E-state index is 0.172. The maximum atomic E-state index is 12.6. The van der Waals surface area contributed by atoms with Gasteiger partial charge in [-0.05, 0) is 55.3 Å². The van der Waals surface area contributed by atoms with E-state index < -0.39 is 0 Å². The van der Waals surface area contributed by atoms with Gasteiger partial charge in [-0.2, -0.15) is 0 Å². The monoisotopic (exact) mass is 381 g/mol. The third kappa shape index (κ3) is 5.65. The Balaban J connectivity index is 1.57. The Bertz CT molecular complexity index is 824. The van der Waals surface area contributed by atoms with Crippen molar-refractivity contribution in [2.24, 2.45) is 0 Å². The van der Waals surface area contributed by atoms with Crippen LogP contribution in [0.15, 0.2) is 42.5 Å².